The van der Waals surface area contributed by atoms with Crippen molar-refractivity contribution in [2.75, 3.05) is 0 Å². The Morgan fingerprint density at radius 2 is 1.88 bits per heavy atom. The standard InChI is InChI=1S/C13H8ClN3/c14-13-4-3-11-12(17-13)6-10(8-16-11)9-2-1-5-15-7-9/h1-8H. The van der Waals surface area contributed by atoms with E-state index in [0.29, 0.717) is 5.15 Å². The molecule has 3 aromatic rings. The second-order valence-electron chi connectivity index (χ2n) is 3.64. The van der Waals surface area contributed by atoms with Crippen LogP contribution in [0.15, 0.2) is 48.9 Å². The Balaban J connectivity index is 2.19. The number of hydrogen-bond donors (Lipinski definition) is 0. The van der Waals surface area contributed by atoms with Crippen LogP contribution in [0.3, 0.4) is 0 Å². The predicted octanol–water partition coefficient (Wildman–Crippen LogP) is 3.35. The van der Waals surface area contributed by atoms with Crippen molar-refractivity contribution < 1.29 is 0 Å². The molecule has 0 spiro atoms. The van der Waals surface area contributed by atoms with Crippen molar-refractivity contribution in [2.45, 2.75) is 0 Å². The van der Waals surface area contributed by atoms with Gasteiger partial charge in [0.15, 0.2) is 0 Å². The number of fused-ring (bicyclic) bond motifs is 1. The molecule has 0 bridgehead atoms. The number of rotatable bonds is 1. The van der Waals surface area contributed by atoms with Crippen LogP contribution in [0.25, 0.3) is 22.2 Å². The minimum atomic E-state index is 0.475. The molecule has 17 heavy (non-hydrogen) atoms. The summed E-state index contributed by atoms with van der Waals surface area (Å²) in [6, 6.07) is 9.44. The predicted molar refractivity (Wildman–Crippen MR) is 67.8 cm³/mol. The van der Waals surface area contributed by atoms with Crippen molar-refractivity contribution >= 4 is 22.6 Å². The van der Waals surface area contributed by atoms with E-state index < -0.39 is 0 Å². The molecule has 0 unspecified atom stereocenters. The minimum absolute atomic E-state index is 0.475. The van der Waals surface area contributed by atoms with E-state index >= 15 is 0 Å². The van der Waals surface area contributed by atoms with Crippen molar-refractivity contribution in [1.82, 2.24) is 15.0 Å². The van der Waals surface area contributed by atoms with E-state index in [4.69, 9.17) is 11.6 Å². The third-order valence-corrected chi connectivity index (χ3v) is 2.71. The molecule has 0 saturated heterocycles. The summed E-state index contributed by atoms with van der Waals surface area (Å²) in [6.07, 6.45) is 5.36. The monoisotopic (exact) mass is 241 g/mol. The molecule has 0 amide bonds. The summed E-state index contributed by atoms with van der Waals surface area (Å²) in [5, 5.41) is 0.475. The van der Waals surface area contributed by atoms with E-state index in [2.05, 4.69) is 15.0 Å². The van der Waals surface area contributed by atoms with E-state index in [1.54, 1.807) is 18.5 Å². The van der Waals surface area contributed by atoms with Gasteiger partial charge in [-0.25, -0.2) is 4.98 Å². The van der Waals surface area contributed by atoms with Gasteiger partial charge < -0.3 is 0 Å². The fourth-order valence-corrected chi connectivity index (χ4v) is 1.83. The molecular weight excluding hydrogens is 234 g/mol. The molecule has 0 aliphatic carbocycles. The third kappa shape index (κ3) is 1.97. The minimum Gasteiger partial charge on any atom is -0.264 e. The van der Waals surface area contributed by atoms with E-state index in [1.807, 2.05) is 30.5 Å². The van der Waals surface area contributed by atoms with Crippen LogP contribution in [0.1, 0.15) is 0 Å². The SMILES string of the molecule is Clc1ccc2ncc(-c3cccnc3)cc2n1. The normalized spacial score (nSPS) is 10.6. The molecule has 0 aromatic carbocycles. The number of halogens is 1. The fourth-order valence-electron chi connectivity index (χ4n) is 1.67. The lowest BCUT2D eigenvalue weighted by atomic mass is 10.1. The smallest absolute Gasteiger partial charge is 0.129 e. The van der Waals surface area contributed by atoms with Crippen LogP contribution in [-0.4, -0.2) is 15.0 Å². The average molecular weight is 242 g/mol. The molecule has 3 heterocycles. The second kappa shape index (κ2) is 4.11. The number of nitrogens with zero attached hydrogens (tertiary/aromatic N) is 3. The molecular formula is C13H8ClN3. The largest absolute Gasteiger partial charge is 0.264 e. The molecule has 0 radical (unpaired) electrons. The van der Waals surface area contributed by atoms with Crippen LogP contribution in [0.4, 0.5) is 0 Å². The Morgan fingerprint density at radius 1 is 0.941 bits per heavy atom. The summed E-state index contributed by atoms with van der Waals surface area (Å²) in [4.78, 5) is 12.7. The first kappa shape index (κ1) is 10.2. The molecule has 4 heteroatoms. The van der Waals surface area contributed by atoms with Crippen molar-refractivity contribution in [3.63, 3.8) is 0 Å². The number of hydrogen-bond acceptors (Lipinski definition) is 3. The van der Waals surface area contributed by atoms with E-state index in [1.165, 1.54) is 0 Å². The summed E-state index contributed by atoms with van der Waals surface area (Å²) < 4.78 is 0. The third-order valence-electron chi connectivity index (χ3n) is 2.50. The van der Waals surface area contributed by atoms with Gasteiger partial charge in [0.1, 0.15) is 5.15 Å². The van der Waals surface area contributed by atoms with Gasteiger partial charge in [-0.05, 0) is 24.3 Å². The Hall–Kier alpha value is -2.00. The highest BCUT2D eigenvalue weighted by Crippen LogP contribution is 2.21. The van der Waals surface area contributed by atoms with Crippen molar-refractivity contribution in [1.29, 1.82) is 0 Å². The Kier molecular flexibility index (Phi) is 2.46. The average Bonchev–Trinajstić information content (AvgIpc) is 2.39. The summed E-state index contributed by atoms with van der Waals surface area (Å²) in [5.74, 6) is 0. The molecule has 0 saturated carbocycles. The zero-order chi connectivity index (χ0) is 11.7. The van der Waals surface area contributed by atoms with Crippen LogP contribution in [0.5, 0.6) is 0 Å². The van der Waals surface area contributed by atoms with Gasteiger partial charge in [-0.15, -0.1) is 0 Å². The van der Waals surface area contributed by atoms with Crippen molar-refractivity contribution in [2.24, 2.45) is 0 Å². The number of pyridine rings is 3. The first-order valence-electron chi connectivity index (χ1n) is 5.16. The Bertz CT molecular complexity index is 668. The zero-order valence-electron chi connectivity index (χ0n) is 8.84. The maximum Gasteiger partial charge on any atom is 0.129 e. The lowest BCUT2D eigenvalue weighted by Crippen LogP contribution is -1.86. The van der Waals surface area contributed by atoms with Gasteiger partial charge in [-0.3, -0.25) is 9.97 Å². The van der Waals surface area contributed by atoms with Crippen LogP contribution in [-0.2, 0) is 0 Å². The summed E-state index contributed by atoms with van der Waals surface area (Å²) >= 11 is 5.87. The topological polar surface area (TPSA) is 38.7 Å². The molecule has 3 aromatic heterocycles. The molecule has 3 rings (SSSR count). The van der Waals surface area contributed by atoms with Gasteiger partial charge in [-0.2, -0.15) is 0 Å². The maximum atomic E-state index is 5.87. The Labute approximate surface area is 103 Å². The lowest BCUT2D eigenvalue weighted by Gasteiger charge is -2.02. The van der Waals surface area contributed by atoms with E-state index in [0.717, 1.165) is 22.2 Å². The fraction of sp³-hybridized carbons (Fsp3) is 0. The summed E-state index contributed by atoms with van der Waals surface area (Å²) in [6.45, 7) is 0. The quantitative estimate of drug-likeness (QED) is 0.614. The van der Waals surface area contributed by atoms with Gasteiger partial charge in [0.25, 0.3) is 0 Å². The highest BCUT2D eigenvalue weighted by Gasteiger charge is 2.02. The molecule has 0 fully saturated rings. The van der Waals surface area contributed by atoms with Crippen LogP contribution < -0.4 is 0 Å². The van der Waals surface area contributed by atoms with E-state index in [9.17, 15) is 0 Å². The highest BCUT2D eigenvalue weighted by atomic mass is 35.5. The van der Waals surface area contributed by atoms with Crippen LogP contribution >= 0.6 is 11.6 Å². The second-order valence-corrected chi connectivity index (χ2v) is 4.03. The van der Waals surface area contributed by atoms with Gasteiger partial charge >= 0.3 is 0 Å². The lowest BCUT2D eigenvalue weighted by molar-refractivity contribution is 1.31. The highest BCUT2D eigenvalue weighted by molar-refractivity contribution is 6.29. The molecule has 0 aliphatic heterocycles. The van der Waals surface area contributed by atoms with Crippen molar-refractivity contribution in [3.05, 3.63) is 54.1 Å². The van der Waals surface area contributed by atoms with Crippen LogP contribution in [0.2, 0.25) is 5.15 Å². The summed E-state index contributed by atoms with van der Waals surface area (Å²) in [5.41, 5.74) is 3.63. The van der Waals surface area contributed by atoms with Gasteiger partial charge in [0.05, 0.1) is 11.0 Å². The van der Waals surface area contributed by atoms with E-state index in [-0.39, 0.29) is 0 Å². The maximum absolute atomic E-state index is 5.87. The number of aromatic nitrogens is 3. The molecule has 3 nitrogen and oxygen atoms in total. The first-order chi connectivity index (χ1) is 8.33. The zero-order valence-corrected chi connectivity index (χ0v) is 9.59. The van der Waals surface area contributed by atoms with Crippen molar-refractivity contribution in [3.8, 4) is 11.1 Å². The first-order valence-corrected chi connectivity index (χ1v) is 5.53. The molecule has 82 valence electrons. The van der Waals surface area contributed by atoms with Gasteiger partial charge in [-0.1, -0.05) is 17.7 Å². The van der Waals surface area contributed by atoms with Gasteiger partial charge in [0, 0.05) is 29.7 Å². The van der Waals surface area contributed by atoms with Gasteiger partial charge in [0.2, 0.25) is 0 Å². The molecule has 0 aliphatic rings. The van der Waals surface area contributed by atoms with Crippen LogP contribution in [0, 0.1) is 0 Å². The molecule has 0 N–H and O–H groups in total. The Morgan fingerprint density at radius 3 is 2.71 bits per heavy atom. The summed E-state index contributed by atoms with van der Waals surface area (Å²) in [7, 11) is 0. The molecule has 0 atom stereocenters.